The molecule has 152 valence electrons. The molecule has 3 aromatic rings. The van der Waals surface area contributed by atoms with Crippen LogP contribution >= 0.6 is 0 Å². The maximum Gasteiger partial charge on any atom is 0.131 e. The first-order chi connectivity index (χ1) is 14.4. The molecule has 0 bridgehead atoms. The normalized spacial score (nSPS) is 19.4. The summed E-state index contributed by atoms with van der Waals surface area (Å²) in [7, 11) is 0. The van der Waals surface area contributed by atoms with Gasteiger partial charge in [-0.3, -0.25) is 4.98 Å². The van der Waals surface area contributed by atoms with Crippen molar-refractivity contribution in [3.8, 4) is 22.9 Å². The maximum absolute atomic E-state index is 13.2. The molecule has 6 heteroatoms. The molecule has 0 saturated carbocycles. The van der Waals surface area contributed by atoms with Crippen molar-refractivity contribution in [3.05, 3.63) is 83.4 Å². The Labute approximate surface area is 174 Å². The number of aromatic nitrogens is 1. The van der Waals surface area contributed by atoms with Gasteiger partial charge in [0.25, 0.3) is 0 Å². The third kappa shape index (κ3) is 3.90. The molecule has 0 fully saturated rings. The van der Waals surface area contributed by atoms with Gasteiger partial charge in [0.1, 0.15) is 23.3 Å². The lowest BCUT2D eigenvalue weighted by molar-refractivity contribution is -0.0649. The Bertz CT molecular complexity index is 1110. The van der Waals surface area contributed by atoms with Crippen LogP contribution in [0.5, 0.6) is 5.75 Å². The number of benzene rings is 2. The number of hydrogen-bond donors (Lipinski definition) is 2. The van der Waals surface area contributed by atoms with E-state index in [1.807, 2.05) is 26.0 Å². The molecule has 0 aliphatic carbocycles. The summed E-state index contributed by atoms with van der Waals surface area (Å²) in [5.74, 6) is 0.371. The molecule has 1 aliphatic heterocycles. The monoisotopic (exact) mass is 403 g/mol. The number of halogens is 1. The zero-order valence-corrected chi connectivity index (χ0v) is 16.8. The average molecular weight is 403 g/mol. The number of aliphatic hydroxyl groups excluding tert-OH is 1. The molecule has 5 nitrogen and oxygen atoms in total. The molecular formula is C24H22FN3O2. The highest BCUT2D eigenvalue weighted by atomic mass is 19.1. The van der Waals surface area contributed by atoms with Gasteiger partial charge in [-0.25, -0.2) is 4.39 Å². The van der Waals surface area contributed by atoms with Crippen LogP contribution in [0.15, 0.2) is 60.8 Å². The number of nitrogens with zero attached hydrogens (tertiary/aromatic N) is 2. The van der Waals surface area contributed by atoms with E-state index in [1.54, 1.807) is 36.5 Å². The molecule has 0 amide bonds. The molecule has 1 aliphatic rings. The Morgan fingerprint density at radius 3 is 2.63 bits per heavy atom. The van der Waals surface area contributed by atoms with Crippen LogP contribution in [0, 0.1) is 17.1 Å². The van der Waals surface area contributed by atoms with Crippen molar-refractivity contribution < 1.29 is 14.2 Å². The summed E-state index contributed by atoms with van der Waals surface area (Å²) in [5, 5.41) is 23.5. The average Bonchev–Trinajstić information content (AvgIpc) is 2.74. The van der Waals surface area contributed by atoms with Gasteiger partial charge in [0.2, 0.25) is 0 Å². The van der Waals surface area contributed by atoms with E-state index in [4.69, 9.17) is 4.74 Å². The SMILES string of the molecule is CC1(C)Oc2ccc(C#N)cc2[C@H](NCc2cc(-c3ccc(F)cc3)ccn2)[C@H]1O. The summed E-state index contributed by atoms with van der Waals surface area (Å²) in [6.07, 6.45) is 0.890. The summed E-state index contributed by atoms with van der Waals surface area (Å²) in [6, 6.07) is 17.0. The van der Waals surface area contributed by atoms with Crippen molar-refractivity contribution >= 4 is 0 Å². The summed E-state index contributed by atoms with van der Waals surface area (Å²) in [6.45, 7) is 4.07. The summed E-state index contributed by atoms with van der Waals surface area (Å²) in [5.41, 5.74) is 3.08. The third-order valence-electron chi connectivity index (χ3n) is 5.37. The third-order valence-corrected chi connectivity index (χ3v) is 5.37. The van der Waals surface area contributed by atoms with E-state index in [1.165, 1.54) is 12.1 Å². The fourth-order valence-corrected chi connectivity index (χ4v) is 3.70. The molecule has 1 aromatic heterocycles. The van der Waals surface area contributed by atoms with E-state index in [0.717, 1.165) is 22.4 Å². The van der Waals surface area contributed by atoms with Crippen LogP contribution in [0.2, 0.25) is 0 Å². The lowest BCUT2D eigenvalue weighted by Gasteiger charge is -2.42. The van der Waals surface area contributed by atoms with E-state index in [2.05, 4.69) is 16.4 Å². The number of hydrogen-bond acceptors (Lipinski definition) is 5. The summed E-state index contributed by atoms with van der Waals surface area (Å²) in [4.78, 5) is 4.42. The number of ether oxygens (including phenoxy) is 1. The van der Waals surface area contributed by atoms with Crippen LogP contribution in [-0.4, -0.2) is 21.8 Å². The molecule has 0 spiro atoms. The maximum atomic E-state index is 13.2. The smallest absolute Gasteiger partial charge is 0.131 e. The van der Waals surface area contributed by atoms with Gasteiger partial charge in [0, 0.05) is 18.3 Å². The Kier molecular flexibility index (Phi) is 5.25. The first kappa shape index (κ1) is 20.0. The van der Waals surface area contributed by atoms with Gasteiger partial charge < -0.3 is 15.2 Å². The van der Waals surface area contributed by atoms with Crippen molar-refractivity contribution in [1.29, 1.82) is 5.26 Å². The second kappa shape index (κ2) is 7.86. The topological polar surface area (TPSA) is 78.2 Å². The zero-order valence-electron chi connectivity index (χ0n) is 16.8. The number of fused-ring (bicyclic) bond motifs is 1. The van der Waals surface area contributed by atoms with Crippen molar-refractivity contribution in [1.82, 2.24) is 10.3 Å². The van der Waals surface area contributed by atoms with Crippen molar-refractivity contribution in [2.24, 2.45) is 0 Å². The largest absolute Gasteiger partial charge is 0.485 e. The Morgan fingerprint density at radius 2 is 1.90 bits per heavy atom. The molecular weight excluding hydrogens is 381 g/mol. The highest BCUT2D eigenvalue weighted by molar-refractivity contribution is 5.63. The number of pyridine rings is 1. The fourth-order valence-electron chi connectivity index (χ4n) is 3.70. The second-order valence-electron chi connectivity index (χ2n) is 7.92. The standard InChI is InChI=1S/C24H22FN3O2/c1-24(2)23(29)22(20-11-15(13-26)3-8-21(20)30-24)28-14-19-12-17(9-10-27-19)16-4-6-18(25)7-5-16/h3-12,22-23,28-29H,14H2,1-2H3/t22-,23+/m0/s1. The van der Waals surface area contributed by atoms with Crippen molar-refractivity contribution in [3.63, 3.8) is 0 Å². The van der Waals surface area contributed by atoms with E-state index in [0.29, 0.717) is 17.9 Å². The van der Waals surface area contributed by atoms with Gasteiger partial charge in [-0.15, -0.1) is 0 Å². The second-order valence-corrected chi connectivity index (χ2v) is 7.92. The van der Waals surface area contributed by atoms with Gasteiger partial charge in [-0.1, -0.05) is 12.1 Å². The molecule has 2 atom stereocenters. The fraction of sp³-hybridized carbons (Fsp3) is 0.250. The Hall–Kier alpha value is -3.27. The highest BCUT2D eigenvalue weighted by Crippen LogP contribution is 2.40. The minimum absolute atomic E-state index is 0.277. The minimum atomic E-state index is -0.820. The minimum Gasteiger partial charge on any atom is -0.485 e. The number of nitriles is 1. The predicted octanol–water partition coefficient (Wildman–Crippen LogP) is 4.12. The lowest BCUT2D eigenvalue weighted by Crippen LogP contribution is -2.52. The molecule has 2 aromatic carbocycles. The van der Waals surface area contributed by atoms with Gasteiger partial charge in [0.05, 0.1) is 23.4 Å². The molecule has 0 radical (unpaired) electrons. The number of rotatable bonds is 4. The molecule has 0 saturated heterocycles. The van der Waals surface area contributed by atoms with E-state index in [-0.39, 0.29) is 5.82 Å². The van der Waals surface area contributed by atoms with Crippen LogP contribution in [0.3, 0.4) is 0 Å². The van der Waals surface area contributed by atoms with Crippen molar-refractivity contribution in [2.75, 3.05) is 0 Å². The molecule has 4 rings (SSSR count). The first-order valence-electron chi connectivity index (χ1n) is 9.73. The summed E-state index contributed by atoms with van der Waals surface area (Å²) < 4.78 is 19.2. The van der Waals surface area contributed by atoms with Gasteiger partial charge in [0.15, 0.2) is 0 Å². The van der Waals surface area contributed by atoms with Crippen LogP contribution in [0.25, 0.3) is 11.1 Å². The Balaban J connectivity index is 1.59. The van der Waals surface area contributed by atoms with E-state index < -0.39 is 17.7 Å². The molecule has 30 heavy (non-hydrogen) atoms. The highest BCUT2D eigenvalue weighted by Gasteiger charge is 2.42. The van der Waals surface area contributed by atoms with Crippen LogP contribution in [0.1, 0.15) is 36.7 Å². The van der Waals surface area contributed by atoms with Crippen LogP contribution in [0.4, 0.5) is 4.39 Å². The molecule has 2 N–H and O–H groups in total. The lowest BCUT2D eigenvalue weighted by atomic mass is 9.86. The van der Waals surface area contributed by atoms with Crippen LogP contribution in [-0.2, 0) is 6.54 Å². The molecule has 2 heterocycles. The van der Waals surface area contributed by atoms with E-state index >= 15 is 0 Å². The van der Waals surface area contributed by atoms with E-state index in [9.17, 15) is 14.8 Å². The van der Waals surface area contributed by atoms with Gasteiger partial charge in [-0.2, -0.15) is 5.26 Å². The van der Waals surface area contributed by atoms with Gasteiger partial charge in [-0.05, 0) is 67.4 Å². The van der Waals surface area contributed by atoms with Crippen molar-refractivity contribution in [2.45, 2.75) is 38.1 Å². The first-order valence-corrected chi connectivity index (χ1v) is 9.73. The predicted molar refractivity (Wildman–Crippen MR) is 111 cm³/mol. The van der Waals surface area contributed by atoms with Crippen LogP contribution < -0.4 is 10.1 Å². The Morgan fingerprint density at radius 1 is 1.13 bits per heavy atom. The zero-order chi connectivity index (χ0) is 21.3. The number of aliphatic hydroxyl groups is 1. The quantitative estimate of drug-likeness (QED) is 0.685. The molecule has 0 unspecified atom stereocenters. The van der Waals surface area contributed by atoms with Gasteiger partial charge >= 0.3 is 0 Å². The number of nitrogens with one attached hydrogen (secondary N) is 1. The summed E-state index contributed by atoms with van der Waals surface area (Å²) >= 11 is 0.